The number of aliphatic hydroxyl groups is 1. The van der Waals surface area contributed by atoms with Gasteiger partial charge in [-0.05, 0) is 38.8 Å². The maximum atomic E-state index is 13.4. The third-order valence-corrected chi connectivity index (χ3v) is 4.67. The molecule has 110 valence electrons. The van der Waals surface area contributed by atoms with E-state index in [2.05, 4.69) is 18.7 Å². The van der Waals surface area contributed by atoms with E-state index in [1.54, 1.807) is 6.07 Å². The fraction of sp³-hybridized carbons (Fsp3) is 0.625. The zero-order chi connectivity index (χ0) is 14.3. The Labute approximate surface area is 119 Å². The Kier molecular flexibility index (Phi) is 3.46. The molecule has 1 saturated heterocycles. The molecule has 0 radical (unpaired) electrons. The first-order valence-electron chi connectivity index (χ1n) is 7.40. The standard InChI is InChI=1S/C16H22FNO2/c1-11(2)18-7-5-16(6-8-18)10-14(19)13-4-3-12(17)9-15(13)20-16/h3-4,9,11,14,19H,5-8,10H2,1-2H3/t14-/m1/s1. The highest BCUT2D eigenvalue weighted by atomic mass is 19.1. The molecule has 0 aromatic heterocycles. The van der Waals surface area contributed by atoms with Gasteiger partial charge in [0.05, 0.1) is 6.10 Å². The second-order valence-corrected chi connectivity index (χ2v) is 6.32. The summed E-state index contributed by atoms with van der Waals surface area (Å²) in [5, 5.41) is 10.3. The number of benzene rings is 1. The van der Waals surface area contributed by atoms with Crippen LogP contribution in [-0.4, -0.2) is 34.7 Å². The summed E-state index contributed by atoms with van der Waals surface area (Å²) in [6.45, 7) is 6.32. The number of aliphatic hydroxyl groups excluding tert-OH is 1. The monoisotopic (exact) mass is 279 g/mol. The number of likely N-dealkylation sites (tertiary alicyclic amines) is 1. The van der Waals surface area contributed by atoms with Crippen LogP contribution >= 0.6 is 0 Å². The van der Waals surface area contributed by atoms with Gasteiger partial charge < -0.3 is 14.7 Å². The number of halogens is 1. The van der Waals surface area contributed by atoms with Crippen molar-refractivity contribution in [2.75, 3.05) is 13.1 Å². The quantitative estimate of drug-likeness (QED) is 0.858. The lowest BCUT2D eigenvalue weighted by Crippen LogP contribution is -2.51. The SMILES string of the molecule is CC(C)N1CCC2(CC1)C[C@@H](O)c1ccc(F)cc1O2. The summed E-state index contributed by atoms with van der Waals surface area (Å²) in [6, 6.07) is 4.94. The molecule has 2 heterocycles. The van der Waals surface area contributed by atoms with E-state index in [1.807, 2.05) is 0 Å². The van der Waals surface area contributed by atoms with Crippen molar-refractivity contribution in [3.8, 4) is 5.75 Å². The molecule has 0 amide bonds. The Hall–Kier alpha value is -1.13. The van der Waals surface area contributed by atoms with E-state index in [4.69, 9.17) is 4.74 Å². The average Bonchev–Trinajstić information content (AvgIpc) is 2.38. The van der Waals surface area contributed by atoms with Gasteiger partial charge in [-0.15, -0.1) is 0 Å². The highest BCUT2D eigenvalue weighted by Gasteiger charge is 2.43. The van der Waals surface area contributed by atoms with Crippen LogP contribution in [0.4, 0.5) is 4.39 Å². The largest absolute Gasteiger partial charge is 0.487 e. The summed E-state index contributed by atoms with van der Waals surface area (Å²) in [5.41, 5.74) is 0.384. The summed E-state index contributed by atoms with van der Waals surface area (Å²) < 4.78 is 19.5. The van der Waals surface area contributed by atoms with Crippen molar-refractivity contribution in [3.63, 3.8) is 0 Å². The van der Waals surface area contributed by atoms with Crippen molar-refractivity contribution < 1.29 is 14.2 Å². The van der Waals surface area contributed by atoms with Crippen molar-refractivity contribution in [2.45, 2.75) is 50.9 Å². The first-order valence-corrected chi connectivity index (χ1v) is 7.40. The van der Waals surface area contributed by atoms with Crippen molar-refractivity contribution in [3.05, 3.63) is 29.6 Å². The molecule has 2 aliphatic heterocycles. The molecule has 0 unspecified atom stereocenters. The van der Waals surface area contributed by atoms with Gasteiger partial charge in [-0.3, -0.25) is 0 Å². The summed E-state index contributed by atoms with van der Waals surface area (Å²) in [6.07, 6.45) is 1.83. The molecular weight excluding hydrogens is 257 g/mol. The maximum absolute atomic E-state index is 13.4. The third kappa shape index (κ3) is 2.42. The fourth-order valence-electron chi connectivity index (χ4n) is 3.36. The van der Waals surface area contributed by atoms with Gasteiger partial charge in [-0.25, -0.2) is 4.39 Å². The van der Waals surface area contributed by atoms with Gasteiger partial charge in [-0.2, -0.15) is 0 Å². The molecule has 3 rings (SSSR count). The maximum Gasteiger partial charge on any atom is 0.128 e. The molecule has 1 atom stereocenters. The van der Waals surface area contributed by atoms with E-state index < -0.39 is 6.10 Å². The Balaban J connectivity index is 1.81. The topological polar surface area (TPSA) is 32.7 Å². The summed E-state index contributed by atoms with van der Waals surface area (Å²) in [5.74, 6) is 0.203. The van der Waals surface area contributed by atoms with Crippen LogP contribution in [0.5, 0.6) is 5.75 Å². The molecule has 4 heteroatoms. The van der Waals surface area contributed by atoms with Gasteiger partial charge in [0.1, 0.15) is 17.2 Å². The third-order valence-electron chi connectivity index (χ3n) is 4.67. The van der Waals surface area contributed by atoms with Gasteiger partial charge in [0.15, 0.2) is 0 Å². The Morgan fingerprint density at radius 3 is 2.70 bits per heavy atom. The van der Waals surface area contributed by atoms with Gasteiger partial charge in [-0.1, -0.05) is 0 Å². The Morgan fingerprint density at radius 2 is 2.05 bits per heavy atom. The molecule has 1 spiro atoms. The van der Waals surface area contributed by atoms with Crippen LogP contribution in [0, 0.1) is 5.82 Å². The number of hydrogen-bond donors (Lipinski definition) is 1. The van der Waals surface area contributed by atoms with Crippen molar-refractivity contribution in [2.24, 2.45) is 0 Å². The van der Waals surface area contributed by atoms with Gasteiger partial charge in [0, 0.05) is 37.2 Å². The number of piperidine rings is 1. The molecule has 1 aromatic rings. The molecule has 20 heavy (non-hydrogen) atoms. The first-order chi connectivity index (χ1) is 9.49. The predicted octanol–water partition coefficient (Wildman–Crippen LogP) is 2.88. The van der Waals surface area contributed by atoms with E-state index in [0.717, 1.165) is 25.9 Å². The van der Waals surface area contributed by atoms with Crippen molar-refractivity contribution in [1.29, 1.82) is 0 Å². The lowest BCUT2D eigenvalue weighted by molar-refractivity contribution is -0.0581. The molecular formula is C16H22FNO2. The average molecular weight is 279 g/mol. The van der Waals surface area contributed by atoms with E-state index in [-0.39, 0.29) is 11.4 Å². The van der Waals surface area contributed by atoms with Crippen molar-refractivity contribution >= 4 is 0 Å². The number of fused-ring (bicyclic) bond motifs is 1. The second-order valence-electron chi connectivity index (χ2n) is 6.32. The summed E-state index contributed by atoms with van der Waals surface area (Å²) in [4.78, 5) is 2.42. The van der Waals surface area contributed by atoms with Crippen LogP contribution in [0.25, 0.3) is 0 Å². The van der Waals surface area contributed by atoms with E-state index >= 15 is 0 Å². The molecule has 1 fully saturated rings. The van der Waals surface area contributed by atoms with Gasteiger partial charge in [0.2, 0.25) is 0 Å². The summed E-state index contributed by atoms with van der Waals surface area (Å²) in [7, 11) is 0. The van der Waals surface area contributed by atoms with Gasteiger partial charge in [0.25, 0.3) is 0 Å². The minimum Gasteiger partial charge on any atom is -0.487 e. The minimum atomic E-state index is -0.551. The molecule has 0 saturated carbocycles. The molecule has 1 aromatic carbocycles. The molecule has 2 aliphatic rings. The first kappa shape index (κ1) is 13.8. The van der Waals surface area contributed by atoms with Gasteiger partial charge >= 0.3 is 0 Å². The van der Waals surface area contributed by atoms with Crippen LogP contribution in [0.15, 0.2) is 18.2 Å². The number of rotatable bonds is 1. The van der Waals surface area contributed by atoms with Crippen LogP contribution in [0.2, 0.25) is 0 Å². The molecule has 1 N–H and O–H groups in total. The zero-order valence-corrected chi connectivity index (χ0v) is 12.1. The van der Waals surface area contributed by atoms with Crippen LogP contribution < -0.4 is 4.74 Å². The smallest absolute Gasteiger partial charge is 0.128 e. The Bertz CT molecular complexity index is 495. The lowest BCUT2D eigenvalue weighted by Gasteiger charge is -2.46. The molecule has 0 bridgehead atoms. The second kappa shape index (κ2) is 5.01. The normalized spacial score (nSPS) is 25.6. The zero-order valence-electron chi connectivity index (χ0n) is 12.1. The van der Waals surface area contributed by atoms with E-state index in [1.165, 1.54) is 12.1 Å². The van der Waals surface area contributed by atoms with E-state index in [0.29, 0.717) is 23.8 Å². The van der Waals surface area contributed by atoms with E-state index in [9.17, 15) is 9.50 Å². The Morgan fingerprint density at radius 1 is 1.35 bits per heavy atom. The number of hydrogen-bond acceptors (Lipinski definition) is 3. The lowest BCUT2D eigenvalue weighted by atomic mass is 9.81. The summed E-state index contributed by atoms with van der Waals surface area (Å²) >= 11 is 0. The predicted molar refractivity (Wildman–Crippen MR) is 75.3 cm³/mol. The van der Waals surface area contributed by atoms with Crippen molar-refractivity contribution in [1.82, 2.24) is 4.90 Å². The molecule has 0 aliphatic carbocycles. The highest BCUT2D eigenvalue weighted by Crippen LogP contribution is 2.44. The van der Waals surface area contributed by atoms with Crippen LogP contribution in [-0.2, 0) is 0 Å². The fourth-order valence-corrected chi connectivity index (χ4v) is 3.36. The number of nitrogens with zero attached hydrogens (tertiary/aromatic N) is 1. The van der Waals surface area contributed by atoms with Crippen LogP contribution in [0.3, 0.4) is 0 Å². The van der Waals surface area contributed by atoms with Crippen LogP contribution in [0.1, 0.15) is 44.8 Å². The highest BCUT2D eigenvalue weighted by molar-refractivity contribution is 5.38. The number of ether oxygens (including phenoxy) is 1. The minimum absolute atomic E-state index is 0.312. The molecule has 3 nitrogen and oxygen atoms in total.